The molecule has 0 saturated heterocycles. The van der Waals surface area contributed by atoms with E-state index >= 15 is 0 Å². The number of rotatable bonds is 6. The Morgan fingerprint density at radius 3 is 2.23 bits per heavy atom. The van der Waals surface area contributed by atoms with Crippen molar-refractivity contribution >= 4 is 29.1 Å². The van der Waals surface area contributed by atoms with Gasteiger partial charge in [0.15, 0.2) is 0 Å². The van der Waals surface area contributed by atoms with E-state index in [-0.39, 0.29) is 29.6 Å². The van der Waals surface area contributed by atoms with Crippen LogP contribution in [0.2, 0.25) is 0 Å². The van der Waals surface area contributed by atoms with Crippen molar-refractivity contribution in [3.8, 4) is 0 Å². The van der Waals surface area contributed by atoms with Crippen LogP contribution in [0.1, 0.15) is 18.9 Å². The highest BCUT2D eigenvalue weighted by molar-refractivity contribution is 6.00. The molecule has 26 heavy (non-hydrogen) atoms. The molecule has 1 aliphatic carbocycles. The molecule has 0 bridgehead atoms. The summed E-state index contributed by atoms with van der Waals surface area (Å²) in [5.74, 6) is -1.04. The lowest BCUT2D eigenvalue weighted by atomic mass is 10.2. The minimum atomic E-state index is -0.310. The molecule has 3 amide bonds. The Balaban J connectivity index is 1.49. The summed E-state index contributed by atoms with van der Waals surface area (Å²) in [5.41, 5.74) is 2.23. The van der Waals surface area contributed by atoms with Gasteiger partial charge in [-0.2, -0.15) is 0 Å². The van der Waals surface area contributed by atoms with Gasteiger partial charge in [0, 0.05) is 24.8 Å². The Labute approximate surface area is 152 Å². The number of hydrogen-bond acceptors (Lipinski definition) is 3. The zero-order chi connectivity index (χ0) is 18.5. The molecule has 6 heteroatoms. The van der Waals surface area contributed by atoms with E-state index in [1.807, 2.05) is 30.3 Å². The fourth-order valence-corrected chi connectivity index (χ4v) is 2.80. The van der Waals surface area contributed by atoms with Crippen molar-refractivity contribution in [2.24, 2.45) is 11.8 Å². The number of hydrogen-bond donors (Lipinski definition) is 3. The van der Waals surface area contributed by atoms with Gasteiger partial charge in [0.25, 0.3) is 0 Å². The summed E-state index contributed by atoms with van der Waals surface area (Å²) in [6.45, 7) is 1.89. The first-order valence-corrected chi connectivity index (χ1v) is 8.53. The first-order valence-electron chi connectivity index (χ1n) is 8.53. The monoisotopic (exact) mass is 351 g/mol. The standard InChI is InChI=1S/C20H21N3O3/c1-13(24)22-15-8-5-9-16(10-15)23-20(26)18-11-17(18)19(25)21-12-14-6-3-2-4-7-14/h2-10,17-18H,11-12H2,1H3,(H,21,25)(H,22,24)(H,23,26). The third kappa shape index (κ3) is 4.69. The topological polar surface area (TPSA) is 87.3 Å². The Bertz CT molecular complexity index is 820. The van der Waals surface area contributed by atoms with E-state index in [9.17, 15) is 14.4 Å². The van der Waals surface area contributed by atoms with Crippen molar-refractivity contribution in [1.82, 2.24) is 5.32 Å². The molecule has 0 heterocycles. The van der Waals surface area contributed by atoms with Crippen LogP contribution in [0.3, 0.4) is 0 Å². The predicted octanol–water partition coefficient (Wildman–Crippen LogP) is 2.54. The van der Waals surface area contributed by atoms with E-state index in [1.165, 1.54) is 6.92 Å². The Hall–Kier alpha value is -3.15. The van der Waals surface area contributed by atoms with Gasteiger partial charge in [-0.05, 0) is 30.2 Å². The Kier molecular flexibility index (Phi) is 5.31. The SMILES string of the molecule is CC(=O)Nc1cccc(NC(=O)C2CC2C(=O)NCc2ccccc2)c1. The molecular formula is C20H21N3O3. The average molecular weight is 351 g/mol. The second kappa shape index (κ2) is 7.82. The van der Waals surface area contributed by atoms with Gasteiger partial charge in [-0.25, -0.2) is 0 Å². The van der Waals surface area contributed by atoms with Gasteiger partial charge in [0.05, 0.1) is 11.8 Å². The van der Waals surface area contributed by atoms with E-state index in [1.54, 1.807) is 24.3 Å². The molecule has 0 radical (unpaired) electrons. The highest BCUT2D eigenvalue weighted by atomic mass is 16.2. The lowest BCUT2D eigenvalue weighted by Crippen LogP contribution is -2.27. The van der Waals surface area contributed by atoms with E-state index in [2.05, 4.69) is 16.0 Å². The normalized spacial score (nSPS) is 17.9. The van der Waals surface area contributed by atoms with Crippen LogP contribution in [0.25, 0.3) is 0 Å². The molecule has 6 nitrogen and oxygen atoms in total. The Morgan fingerprint density at radius 1 is 0.885 bits per heavy atom. The number of anilines is 2. The molecule has 1 aliphatic rings. The van der Waals surface area contributed by atoms with Crippen LogP contribution in [-0.2, 0) is 20.9 Å². The predicted molar refractivity (Wildman–Crippen MR) is 99.3 cm³/mol. The van der Waals surface area contributed by atoms with Crippen LogP contribution in [0, 0.1) is 11.8 Å². The van der Waals surface area contributed by atoms with E-state index < -0.39 is 0 Å². The van der Waals surface area contributed by atoms with Gasteiger partial charge in [0.1, 0.15) is 0 Å². The maximum Gasteiger partial charge on any atom is 0.228 e. The quantitative estimate of drug-likeness (QED) is 0.747. The van der Waals surface area contributed by atoms with Gasteiger partial charge in [-0.3, -0.25) is 14.4 Å². The molecule has 3 N–H and O–H groups in total. The molecular weight excluding hydrogens is 330 g/mol. The van der Waals surface area contributed by atoms with Gasteiger partial charge in [-0.15, -0.1) is 0 Å². The van der Waals surface area contributed by atoms with Gasteiger partial charge < -0.3 is 16.0 Å². The van der Waals surface area contributed by atoms with Crippen LogP contribution >= 0.6 is 0 Å². The molecule has 134 valence electrons. The van der Waals surface area contributed by atoms with Crippen LogP contribution in [0.5, 0.6) is 0 Å². The van der Waals surface area contributed by atoms with E-state index in [0.29, 0.717) is 24.3 Å². The molecule has 2 atom stereocenters. The number of carbonyl (C=O) groups is 3. The zero-order valence-electron chi connectivity index (χ0n) is 14.5. The maximum absolute atomic E-state index is 12.3. The lowest BCUT2D eigenvalue weighted by Gasteiger charge is -2.08. The molecule has 2 unspecified atom stereocenters. The summed E-state index contributed by atoms with van der Waals surface area (Å²) in [6.07, 6.45) is 0.553. The summed E-state index contributed by atoms with van der Waals surface area (Å²) >= 11 is 0. The number of carbonyl (C=O) groups excluding carboxylic acids is 3. The van der Waals surface area contributed by atoms with Crippen molar-refractivity contribution in [1.29, 1.82) is 0 Å². The van der Waals surface area contributed by atoms with Crippen molar-refractivity contribution < 1.29 is 14.4 Å². The van der Waals surface area contributed by atoms with Crippen molar-refractivity contribution in [3.05, 3.63) is 60.2 Å². The minimum absolute atomic E-state index is 0.0963. The molecule has 0 aliphatic heterocycles. The van der Waals surface area contributed by atoms with Crippen LogP contribution < -0.4 is 16.0 Å². The summed E-state index contributed by atoms with van der Waals surface area (Å²) in [6, 6.07) is 16.6. The molecule has 0 aromatic heterocycles. The average Bonchev–Trinajstić information content (AvgIpc) is 3.41. The third-order valence-electron chi connectivity index (χ3n) is 4.22. The highest BCUT2D eigenvalue weighted by Gasteiger charge is 2.47. The minimum Gasteiger partial charge on any atom is -0.352 e. The molecule has 2 aromatic rings. The maximum atomic E-state index is 12.3. The smallest absolute Gasteiger partial charge is 0.228 e. The second-order valence-electron chi connectivity index (χ2n) is 6.40. The van der Waals surface area contributed by atoms with Crippen molar-refractivity contribution in [2.75, 3.05) is 10.6 Å². The van der Waals surface area contributed by atoms with Crippen LogP contribution in [0.4, 0.5) is 11.4 Å². The molecule has 1 fully saturated rings. The summed E-state index contributed by atoms with van der Waals surface area (Å²) in [7, 11) is 0. The van der Waals surface area contributed by atoms with Gasteiger partial charge in [0.2, 0.25) is 17.7 Å². The Morgan fingerprint density at radius 2 is 1.54 bits per heavy atom. The fourth-order valence-electron chi connectivity index (χ4n) is 2.80. The number of benzene rings is 2. The first-order chi connectivity index (χ1) is 12.5. The van der Waals surface area contributed by atoms with E-state index in [0.717, 1.165) is 5.56 Å². The van der Waals surface area contributed by atoms with Crippen LogP contribution in [-0.4, -0.2) is 17.7 Å². The summed E-state index contributed by atoms with van der Waals surface area (Å²) < 4.78 is 0. The van der Waals surface area contributed by atoms with Gasteiger partial charge in [-0.1, -0.05) is 36.4 Å². The number of nitrogens with one attached hydrogen (secondary N) is 3. The zero-order valence-corrected chi connectivity index (χ0v) is 14.5. The largest absolute Gasteiger partial charge is 0.352 e. The highest BCUT2D eigenvalue weighted by Crippen LogP contribution is 2.39. The second-order valence-corrected chi connectivity index (χ2v) is 6.40. The summed E-state index contributed by atoms with van der Waals surface area (Å²) in [4.78, 5) is 35.6. The first kappa shape index (κ1) is 17.7. The molecule has 0 spiro atoms. The van der Waals surface area contributed by atoms with Crippen LogP contribution in [0.15, 0.2) is 54.6 Å². The van der Waals surface area contributed by atoms with Crippen molar-refractivity contribution in [2.45, 2.75) is 19.9 Å². The number of amides is 3. The summed E-state index contributed by atoms with van der Waals surface area (Å²) in [5, 5.41) is 8.35. The lowest BCUT2D eigenvalue weighted by molar-refractivity contribution is -0.125. The fraction of sp³-hybridized carbons (Fsp3) is 0.250. The van der Waals surface area contributed by atoms with Crippen molar-refractivity contribution in [3.63, 3.8) is 0 Å². The third-order valence-corrected chi connectivity index (χ3v) is 4.22. The molecule has 2 aromatic carbocycles. The molecule has 3 rings (SSSR count). The van der Waals surface area contributed by atoms with Gasteiger partial charge >= 0.3 is 0 Å². The molecule has 1 saturated carbocycles. The van der Waals surface area contributed by atoms with E-state index in [4.69, 9.17) is 0 Å².